The third-order valence-corrected chi connectivity index (χ3v) is 8.88. The summed E-state index contributed by atoms with van der Waals surface area (Å²) >= 11 is 0. The van der Waals surface area contributed by atoms with E-state index in [0.717, 1.165) is 24.2 Å². The number of ether oxygens (including phenoxy) is 1. The van der Waals surface area contributed by atoms with E-state index in [2.05, 4.69) is 32.7 Å². The zero-order valence-electron chi connectivity index (χ0n) is 24.0. The van der Waals surface area contributed by atoms with E-state index < -0.39 is 17.6 Å². The summed E-state index contributed by atoms with van der Waals surface area (Å²) in [5.41, 5.74) is 0.584. The first-order chi connectivity index (χ1) is 20.1. The summed E-state index contributed by atoms with van der Waals surface area (Å²) < 4.78 is 50.3. The highest BCUT2D eigenvalue weighted by Gasteiger charge is 2.42. The van der Waals surface area contributed by atoms with Crippen molar-refractivity contribution in [2.24, 2.45) is 18.9 Å². The number of aryl methyl sites for hydroxylation is 1. The lowest BCUT2D eigenvalue weighted by molar-refractivity contribution is -0.138. The number of rotatable bonds is 10. The third kappa shape index (κ3) is 5.37. The number of halogens is 3. The number of nitrogens with zero attached hydrogens (tertiary/aromatic N) is 5. The Balaban J connectivity index is 1.36. The molecule has 0 spiro atoms. The van der Waals surface area contributed by atoms with Crippen molar-refractivity contribution >= 4 is 17.5 Å². The quantitative estimate of drug-likeness (QED) is 0.351. The lowest BCUT2D eigenvalue weighted by Gasteiger charge is -2.34. The number of alkyl halides is 3. The van der Waals surface area contributed by atoms with E-state index in [1.54, 1.807) is 18.5 Å². The Labute approximate surface area is 242 Å². The summed E-state index contributed by atoms with van der Waals surface area (Å²) in [7, 11) is 1.87. The Hall–Kier alpha value is -3.51. The summed E-state index contributed by atoms with van der Waals surface area (Å²) in [6.07, 6.45) is 0.489. The molecule has 1 saturated carbocycles. The number of benzene rings is 1. The first-order valence-electron chi connectivity index (χ1n) is 14.6. The highest BCUT2D eigenvalue weighted by atomic mass is 19.4. The molecular formula is C30H36F3N7O2. The molecule has 12 heteroatoms. The van der Waals surface area contributed by atoms with Gasteiger partial charge in [0.1, 0.15) is 23.8 Å². The van der Waals surface area contributed by atoms with Gasteiger partial charge in [0.15, 0.2) is 0 Å². The molecule has 2 fully saturated rings. The van der Waals surface area contributed by atoms with Gasteiger partial charge in [0.2, 0.25) is 0 Å². The molecule has 9 nitrogen and oxygen atoms in total. The van der Waals surface area contributed by atoms with Crippen LogP contribution in [0.2, 0.25) is 0 Å². The van der Waals surface area contributed by atoms with Crippen molar-refractivity contribution < 1.29 is 22.7 Å². The second kappa shape index (κ2) is 11.3. The van der Waals surface area contributed by atoms with Gasteiger partial charge in [-0.3, -0.25) is 9.69 Å². The number of fused-ring (bicyclic) bond motifs is 1. The minimum absolute atomic E-state index is 0.0160. The highest BCUT2D eigenvalue weighted by Crippen LogP contribution is 2.41. The van der Waals surface area contributed by atoms with Crippen LogP contribution in [0.4, 0.5) is 24.8 Å². The van der Waals surface area contributed by atoms with Gasteiger partial charge in [-0.1, -0.05) is 6.42 Å². The molecule has 0 bridgehead atoms. The third-order valence-electron chi connectivity index (χ3n) is 8.88. The average molecular weight is 584 g/mol. The number of hydrogen-bond acceptors (Lipinski definition) is 7. The van der Waals surface area contributed by atoms with Gasteiger partial charge < -0.3 is 19.9 Å². The molecule has 2 N–H and O–H groups in total. The number of aromatic nitrogens is 4. The van der Waals surface area contributed by atoms with Crippen LogP contribution in [0.5, 0.6) is 0 Å². The number of carbonyl (C=O) groups excluding carboxylic acids is 1. The topological polar surface area (TPSA) is 97.2 Å². The van der Waals surface area contributed by atoms with E-state index in [-0.39, 0.29) is 42.1 Å². The Morgan fingerprint density at radius 1 is 1.14 bits per heavy atom. The lowest BCUT2D eigenvalue weighted by Crippen LogP contribution is -2.36. The first kappa shape index (κ1) is 28.6. The van der Waals surface area contributed by atoms with Crippen molar-refractivity contribution in [3.63, 3.8) is 0 Å². The van der Waals surface area contributed by atoms with Crippen molar-refractivity contribution in [3.05, 3.63) is 64.2 Å². The molecule has 3 aromatic rings. The molecule has 0 unspecified atom stereocenters. The van der Waals surface area contributed by atoms with Crippen molar-refractivity contribution in [3.8, 4) is 0 Å². The summed E-state index contributed by atoms with van der Waals surface area (Å²) in [6.45, 7) is 5.73. The lowest BCUT2D eigenvalue weighted by atomic mass is 9.80. The molecule has 2 aliphatic heterocycles. The van der Waals surface area contributed by atoms with E-state index in [0.29, 0.717) is 42.9 Å². The maximum Gasteiger partial charge on any atom is 0.416 e. The van der Waals surface area contributed by atoms with E-state index in [1.165, 1.54) is 17.4 Å². The SMILES string of the molecule is CCNc1cc([C@@H](c2nncn2C)C2COC2)cc(N2Cc3c(cc(CN[C@@H](C)C4CCC4)cc3C(F)(F)F)C2=O)n1. The average Bonchev–Trinajstić information content (AvgIpc) is 3.45. The smallest absolute Gasteiger partial charge is 0.381 e. The molecule has 4 heterocycles. The second-order valence-corrected chi connectivity index (χ2v) is 11.7. The summed E-state index contributed by atoms with van der Waals surface area (Å²) in [5.74, 6) is 1.57. The molecule has 224 valence electrons. The molecule has 2 aromatic heterocycles. The Kier molecular flexibility index (Phi) is 7.69. The van der Waals surface area contributed by atoms with E-state index in [9.17, 15) is 18.0 Å². The van der Waals surface area contributed by atoms with E-state index >= 15 is 0 Å². The Morgan fingerprint density at radius 2 is 1.93 bits per heavy atom. The van der Waals surface area contributed by atoms with Gasteiger partial charge in [0.25, 0.3) is 5.91 Å². The van der Waals surface area contributed by atoms with Crippen LogP contribution in [0.15, 0.2) is 30.6 Å². The maximum atomic E-state index is 14.3. The molecule has 1 saturated heterocycles. The van der Waals surface area contributed by atoms with Crippen LogP contribution >= 0.6 is 0 Å². The highest BCUT2D eigenvalue weighted by molar-refractivity contribution is 6.10. The number of hydrogen-bond donors (Lipinski definition) is 2. The van der Waals surface area contributed by atoms with Crippen LogP contribution < -0.4 is 15.5 Å². The molecule has 42 heavy (non-hydrogen) atoms. The first-order valence-corrected chi connectivity index (χ1v) is 14.6. The fourth-order valence-corrected chi connectivity index (χ4v) is 6.17. The standard InChI is InChI=1S/C30H36F3N7O2/c1-4-34-25-10-20(27(21-14-42-15-21)28-38-36-16-39(28)3)11-26(37-25)40-13-23-22(29(40)41)8-18(9-24(23)30(31,32)33)12-35-17(2)19-6-5-7-19/h8-11,16-17,19,21,27,35H,4-7,12-15H2,1-3H3,(H,34,37)/t17-,27+/m0/s1. The van der Waals surface area contributed by atoms with Gasteiger partial charge in [0.05, 0.1) is 31.2 Å². The van der Waals surface area contributed by atoms with Crippen LogP contribution in [0.3, 0.4) is 0 Å². The zero-order valence-corrected chi connectivity index (χ0v) is 24.0. The minimum atomic E-state index is -4.60. The predicted octanol–water partition coefficient (Wildman–Crippen LogP) is 4.88. The number of carbonyl (C=O) groups is 1. The Bertz CT molecular complexity index is 1470. The predicted molar refractivity (Wildman–Crippen MR) is 151 cm³/mol. The van der Waals surface area contributed by atoms with Crippen molar-refractivity contribution in [2.45, 2.75) is 64.3 Å². The van der Waals surface area contributed by atoms with Gasteiger partial charge in [0, 0.05) is 37.7 Å². The van der Waals surface area contributed by atoms with Gasteiger partial charge >= 0.3 is 6.18 Å². The van der Waals surface area contributed by atoms with Crippen LogP contribution in [0.25, 0.3) is 0 Å². The molecule has 1 amide bonds. The number of anilines is 2. The Morgan fingerprint density at radius 3 is 2.52 bits per heavy atom. The van der Waals surface area contributed by atoms with Crippen LogP contribution in [0, 0.1) is 11.8 Å². The maximum absolute atomic E-state index is 14.3. The number of pyridine rings is 1. The molecule has 6 rings (SSSR count). The summed E-state index contributed by atoms with van der Waals surface area (Å²) in [4.78, 5) is 19.8. The van der Waals surface area contributed by atoms with Crippen molar-refractivity contribution in [2.75, 3.05) is 30.0 Å². The molecule has 3 aliphatic rings. The summed E-state index contributed by atoms with van der Waals surface area (Å²) in [6, 6.07) is 6.69. The fourth-order valence-electron chi connectivity index (χ4n) is 6.17. The fraction of sp³-hybridized carbons (Fsp3) is 0.533. The minimum Gasteiger partial charge on any atom is -0.381 e. The molecule has 0 radical (unpaired) electrons. The second-order valence-electron chi connectivity index (χ2n) is 11.7. The zero-order chi connectivity index (χ0) is 29.6. The van der Waals surface area contributed by atoms with Crippen molar-refractivity contribution in [1.82, 2.24) is 25.1 Å². The molecule has 1 aliphatic carbocycles. The number of amides is 1. The van der Waals surface area contributed by atoms with Gasteiger partial charge in [-0.25, -0.2) is 4.98 Å². The number of nitrogens with one attached hydrogen (secondary N) is 2. The molecule has 2 atom stereocenters. The largest absolute Gasteiger partial charge is 0.416 e. The monoisotopic (exact) mass is 583 g/mol. The van der Waals surface area contributed by atoms with Crippen molar-refractivity contribution in [1.29, 1.82) is 0 Å². The van der Waals surface area contributed by atoms with Gasteiger partial charge in [-0.2, -0.15) is 13.2 Å². The van der Waals surface area contributed by atoms with Gasteiger partial charge in [-0.05, 0) is 73.6 Å². The van der Waals surface area contributed by atoms with Crippen LogP contribution in [-0.4, -0.2) is 51.5 Å². The summed E-state index contributed by atoms with van der Waals surface area (Å²) in [5, 5.41) is 15.0. The van der Waals surface area contributed by atoms with Gasteiger partial charge in [-0.15, -0.1) is 10.2 Å². The van der Waals surface area contributed by atoms with Crippen LogP contribution in [0.1, 0.15) is 77.5 Å². The van der Waals surface area contributed by atoms with E-state index in [4.69, 9.17) is 4.74 Å². The normalized spacial score (nSPS) is 18.9. The van der Waals surface area contributed by atoms with Crippen LogP contribution in [-0.2, 0) is 31.1 Å². The van der Waals surface area contributed by atoms with E-state index in [1.807, 2.05) is 24.6 Å². The molecule has 1 aromatic carbocycles. The molecular weight excluding hydrogens is 547 g/mol.